The zero-order valence-electron chi connectivity index (χ0n) is 21.9. The minimum atomic E-state index is -1.22. The molecule has 2 amide bonds. The number of ether oxygens (including phenoxy) is 3. The molecule has 0 aliphatic carbocycles. The van der Waals surface area contributed by atoms with Gasteiger partial charge >= 0.3 is 18.0 Å². The number of hydrogen-bond acceptors (Lipinski definition) is 7. The summed E-state index contributed by atoms with van der Waals surface area (Å²) >= 11 is 0. The molecule has 2 saturated heterocycles. The van der Waals surface area contributed by atoms with E-state index in [0.29, 0.717) is 0 Å². The van der Waals surface area contributed by atoms with Crippen LogP contribution in [0.15, 0.2) is 66.7 Å². The number of cyclic esters (lactones) is 1. The molecule has 4 rings (SSSR count). The zero-order valence-corrected chi connectivity index (χ0v) is 21.9. The van der Waals surface area contributed by atoms with Crippen molar-refractivity contribution >= 4 is 30.0 Å². The molecule has 38 heavy (non-hydrogen) atoms. The molecule has 4 atom stereocenters. The lowest BCUT2D eigenvalue weighted by atomic mass is 9.87. The third-order valence-electron chi connectivity index (χ3n) is 6.42. The smallest absolute Gasteiger partial charge is 0.411 e. The van der Waals surface area contributed by atoms with Gasteiger partial charge in [0.15, 0.2) is 0 Å². The summed E-state index contributed by atoms with van der Waals surface area (Å²) in [4.78, 5) is 54.9. The number of amides is 2. The van der Waals surface area contributed by atoms with Gasteiger partial charge in [-0.3, -0.25) is 14.5 Å². The quantitative estimate of drug-likeness (QED) is 0.297. The van der Waals surface area contributed by atoms with Crippen LogP contribution in [0.2, 0.25) is 0 Å². The highest BCUT2D eigenvalue weighted by atomic mass is 16.6. The first kappa shape index (κ1) is 26.9. The highest BCUT2D eigenvalue weighted by Crippen LogP contribution is 2.39. The minimum absolute atomic E-state index is 0.0973. The molecule has 3 unspecified atom stereocenters. The van der Waals surface area contributed by atoms with Crippen molar-refractivity contribution in [2.45, 2.75) is 57.0 Å². The number of likely N-dealkylation sites (tertiary alicyclic amines) is 1. The Morgan fingerprint density at radius 1 is 1.05 bits per heavy atom. The molecule has 0 saturated carbocycles. The fraction of sp³-hybridized carbons (Fsp3) is 0.379. The maximum absolute atomic E-state index is 13.7. The third-order valence-corrected chi connectivity index (χ3v) is 6.42. The molecule has 9 nitrogen and oxygen atoms in total. The summed E-state index contributed by atoms with van der Waals surface area (Å²) in [6.45, 7) is 5.25. The van der Waals surface area contributed by atoms with Gasteiger partial charge in [-0.05, 0) is 31.9 Å². The van der Waals surface area contributed by atoms with Crippen molar-refractivity contribution in [3.63, 3.8) is 0 Å². The molecule has 9 heteroatoms. The van der Waals surface area contributed by atoms with Crippen LogP contribution in [-0.4, -0.2) is 71.2 Å². The normalized spacial score (nSPS) is 22.2. The molecule has 0 bridgehead atoms. The van der Waals surface area contributed by atoms with Gasteiger partial charge in [-0.15, -0.1) is 0 Å². The summed E-state index contributed by atoms with van der Waals surface area (Å²) in [5, 5.41) is 0. The summed E-state index contributed by atoms with van der Waals surface area (Å²) < 4.78 is 15.7. The predicted octanol–water partition coefficient (Wildman–Crippen LogP) is 3.75. The first-order valence-corrected chi connectivity index (χ1v) is 12.5. The number of carbonyl (C=O) groups is 4. The monoisotopic (exact) mass is 520 g/mol. The largest absolute Gasteiger partial charge is 0.467 e. The van der Waals surface area contributed by atoms with Gasteiger partial charge < -0.3 is 19.1 Å². The van der Waals surface area contributed by atoms with Gasteiger partial charge in [-0.2, -0.15) is 0 Å². The number of nitrogens with zero attached hydrogens (tertiary/aromatic N) is 2. The molecule has 0 spiro atoms. The van der Waals surface area contributed by atoms with E-state index >= 15 is 0 Å². The van der Waals surface area contributed by atoms with E-state index in [0.717, 1.165) is 11.1 Å². The van der Waals surface area contributed by atoms with Crippen LogP contribution < -0.4 is 0 Å². The lowest BCUT2D eigenvalue weighted by Gasteiger charge is -2.51. The molecule has 0 aromatic heterocycles. The van der Waals surface area contributed by atoms with Gasteiger partial charge in [-0.1, -0.05) is 72.8 Å². The fourth-order valence-electron chi connectivity index (χ4n) is 4.78. The Morgan fingerprint density at radius 2 is 1.68 bits per heavy atom. The first-order chi connectivity index (χ1) is 18.1. The Kier molecular flexibility index (Phi) is 7.85. The van der Waals surface area contributed by atoms with Crippen molar-refractivity contribution < 1.29 is 33.4 Å². The molecular weight excluding hydrogens is 488 g/mol. The molecular formula is C29H32N2O7. The number of benzene rings is 2. The van der Waals surface area contributed by atoms with Crippen molar-refractivity contribution in [1.29, 1.82) is 0 Å². The summed E-state index contributed by atoms with van der Waals surface area (Å²) in [6, 6.07) is 15.4. The van der Waals surface area contributed by atoms with Crippen LogP contribution in [0, 0.1) is 0 Å². The average Bonchev–Trinajstić information content (AvgIpc) is 3.25. The van der Waals surface area contributed by atoms with E-state index in [-0.39, 0.29) is 13.0 Å². The van der Waals surface area contributed by atoms with Gasteiger partial charge in [0.2, 0.25) is 5.91 Å². The predicted molar refractivity (Wildman–Crippen MR) is 139 cm³/mol. The molecule has 0 radical (unpaired) electrons. The number of esters is 2. The maximum Gasteiger partial charge on any atom is 0.411 e. The van der Waals surface area contributed by atoms with Crippen LogP contribution >= 0.6 is 0 Å². The Hall–Kier alpha value is -4.14. The van der Waals surface area contributed by atoms with Gasteiger partial charge in [0, 0.05) is 0 Å². The van der Waals surface area contributed by atoms with Gasteiger partial charge in [0.25, 0.3) is 0 Å². The Labute approximate surface area is 221 Å². The van der Waals surface area contributed by atoms with Crippen LogP contribution in [0.25, 0.3) is 6.08 Å². The number of hydrogen-bond donors (Lipinski definition) is 0. The first-order valence-electron chi connectivity index (χ1n) is 12.5. The lowest BCUT2D eigenvalue weighted by molar-refractivity contribution is -0.174. The molecule has 2 aromatic rings. The Bertz CT molecular complexity index is 1210. The summed E-state index contributed by atoms with van der Waals surface area (Å²) in [7, 11) is 1.20. The van der Waals surface area contributed by atoms with Crippen LogP contribution in [-0.2, 0) is 28.6 Å². The second-order valence-electron chi connectivity index (χ2n) is 10.2. The second kappa shape index (κ2) is 11.1. The van der Waals surface area contributed by atoms with Crippen LogP contribution in [0.1, 0.15) is 44.4 Å². The van der Waals surface area contributed by atoms with Crippen LogP contribution in [0.4, 0.5) is 4.79 Å². The molecule has 2 aliphatic rings. The standard InChI is InChI=1S/C29H32N2O7/c1-29(2,3)38-24(32)17-22(27(34)36-4)30-21(16-15-19-11-7-5-8-12-19)25(26(30)33)31-23(18-37-28(31)35)20-13-9-6-10-14-20/h5-16,21-23,25H,17-18H2,1-4H3/t21?,22?,23-,25?/m1/s1. The highest BCUT2D eigenvalue weighted by Gasteiger charge is 2.58. The van der Waals surface area contributed by atoms with Crippen LogP contribution in [0.3, 0.4) is 0 Å². The zero-order chi connectivity index (χ0) is 27.4. The number of rotatable bonds is 8. The van der Waals surface area contributed by atoms with Crippen molar-refractivity contribution in [2.75, 3.05) is 13.7 Å². The molecule has 2 aliphatic heterocycles. The molecule has 0 N–H and O–H groups in total. The van der Waals surface area contributed by atoms with E-state index in [9.17, 15) is 19.2 Å². The Morgan fingerprint density at radius 3 is 2.29 bits per heavy atom. The SMILES string of the molecule is COC(=O)C(CC(=O)OC(C)(C)C)N1C(=O)C(N2C(=O)OC[C@@H]2c2ccccc2)C1C=Cc1ccccc1. The average molecular weight is 521 g/mol. The summed E-state index contributed by atoms with van der Waals surface area (Å²) in [5.74, 6) is -1.87. The van der Waals surface area contributed by atoms with Gasteiger partial charge in [-0.25, -0.2) is 9.59 Å². The van der Waals surface area contributed by atoms with E-state index < -0.39 is 53.7 Å². The minimum Gasteiger partial charge on any atom is -0.467 e. The van der Waals surface area contributed by atoms with Crippen molar-refractivity contribution in [3.8, 4) is 0 Å². The van der Waals surface area contributed by atoms with E-state index in [2.05, 4.69) is 0 Å². The van der Waals surface area contributed by atoms with Crippen LogP contribution in [0.5, 0.6) is 0 Å². The van der Waals surface area contributed by atoms with Crippen molar-refractivity contribution in [1.82, 2.24) is 9.80 Å². The number of β-lactam (4-membered cyclic amide) rings is 1. The lowest BCUT2D eigenvalue weighted by Crippen LogP contribution is -2.73. The topological polar surface area (TPSA) is 102 Å². The van der Waals surface area contributed by atoms with Gasteiger partial charge in [0.05, 0.1) is 25.6 Å². The van der Waals surface area contributed by atoms with E-state index in [1.807, 2.05) is 66.7 Å². The fourth-order valence-corrected chi connectivity index (χ4v) is 4.78. The van der Waals surface area contributed by atoms with E-state index in [1.54, 1.807) is 26.8 Å². The molecule has 2 heterocycles. The highest BCUT2D eigenvalue weighted by molar-refractivity contribution is 5.98. The van der Waals surface area contributed by atoms with Crippen molar-refractivity contribution in [2.24, 2.45) is 0 Å². The molecule has 2 aromatic carbocycles. The Balaban J connectivity index is 1.69. The summed E-state index contributed by atoms with van der Waals surface area (Å²) in [5.41, 5.74) is 0.929. The van der Waals surface area contributed by atoms with Gasteiger partial charge in [0.1, 0.15) is 24.3 Å². The third kappa shape index (κ3) is 5.72. The number of methoxy groups -OCH3 is 1. The number of carbonyl (C=O) groups excluding carboxylic acids is 4. The van der Waals surface area contributed by atoms with E-state index in [1.165, 1.54) is 16.9 Å². The molecule has 200 valence electrons. The van der Waals surface area contributed by atoms with E-state index in [4.69, 9.17) is 14.2 Å². The maximum atomic E-state index is 13.7. The molecule has 2 fully saturated rings. The summed E-state index contributed by atoms with van der Waals surface area (Å²) in [6.07, 6.45) is 2.58. The second-order valence-corrected chi connectivity index (χ2v) is 10.2. The van der Waals surface area contributed by atoms with Crippen molar-refractivity contribution in [3.05, 3.63) is 77.9 Å².